The summed E-state index contributed by atoms with van der Waals surface area (Å²) in [7, 11) is 0. The largest absolute Gasteiger partial charge is 0.378 e. The van der Waals surface area contributed by atoms with Gasteiger partial charge >= 0.3 is 0 Å². The highest BCUT2D eigenvalue weighted by Crippen LogP contribution is 2.25. The van der Waals surface area contributed by atoms with E-state index in [-0.39, 0.29) is 11.7 Å². The van der Waals surface area contributed by atoms with Gasteiger partial charge in [0.15, 0.2) is 11.0 Å². The molecule has 0 spiro atoms. The van der Waals surface area contributed by atoms with Crippen molar-refractivity contribution in [3.05, 3.63) is 92.8 Å². The lowest BCUT2D eigenvalue weighted by atomic mass is 10.2. The van der Waals surface area contributed by atoms with Crippen molar-refractivity contribution in [3.63, 3.8) is 0 Å². The minimum absolute atomic E-state index is 0.133. The number of halogens is 2. The van der Waals surface area contributed by atoms with Gasteiger partial charge in [-0.3, -0.25) is 9.36 Å². The second kappa shape index (κ2) is 11.0. The Morgan fingerprint density at radius 3 is 2.55 bits per heavy atom. The Labute approximate surface area is 215 Å². The maximum Gasteiger partial charge on any atom is 0.234 e. The summed E-state index contributed by atoms with van der Waals surface area (Å²) >= 11 is 9.78. The fraction of sp³-hybridized carbons (Fsp3) is 0.125. The molecule has 0 aliphatic carbocycles. The molecule has 0 saturated carbocycles. The maximum absolute atomic E-state index is 12.6. The van der Waals surface area contributed by atoms with Gasteiger partial charge in [-0.1, -0.05) is 47.6 Å². The topological polar surface area (TPSA) is 71.8 Å². The average molecular weight is 590 g/mol. The predicted octanol–water partition coefficient (Wildman–Crippen LogP) is 6.18. The Morgan fingerprint density at radius 2 is 1.79 bits per heavy atom. The standard InChI is InChI=1S/C24H21ClIN5OS/c1-16-20(25)8-5-9-21(16)28-23(32)15-33-24-30-29-22(31(24)19-6-3-2-4-7-19)14-27-18-12-10-17(26)11-13-18/h2-13,27H,14-15H2,1H3,(H,28,32). The van der Waals surface area contributed by atoms with E-state index >= 15 is 0 Å². The van der Waals surface area contributed by atoms with Gasteiger partial charge in [0.05, 0.1) is 12.3 Å². The second-order valence-corrected chi connectivity index (χ2v) is 9.77. The molecule has 0 radical (unpaired) electrons. The van der Waals surface area contributed by atoms with Crippen molar-refractivity contribution in [1.82, 2.24) is 14.8 Å². The molecule has 1 aromatic heterocycles. The number of para-hydroxylation sites is 1. The summed E-state index contributed by atoms with van der Waals surface area (Å²) in [4.78, 5) is 12.6. The molecule has 168 valence electrons. The molecule has 0 atom stereocenters. The molecule has 33 heavy (non-hydrogen) atoms. The van der Waals surface area contributed by atoms with Crippen LogP contribution in [0.5, 0.6) is 0 Å². The number of carbonyl (C=O) groups is 1. The van der Waals surface area contributed by atoms with Gasteiger partial charge in [0.2, 0.25) is 5.91 Å². The van der Waals surface area contributed by atoms with E-state index < -0.39 is 0 Å². The molecule has 2 N–H and O–H groups in total. The molecular weight excluding hydrogens is 569 g/mol. The number of amides is 1. The van der Waals surface area contributed by atoms with Crippen molar-refractivity contribution in [2.24, 2.45) is 0 Å². The van der Waals surface area contributed by atoms with E-state index in [0.29, 0.717) is 22.4 Å². The van der Waals surface area contributed by atoms with E-state index in [1.807, 2.05) is 78.2 Å². The van der Waals surface area contributed by atoms with Crippen LogP contribution in [0.3, 0.4) is 0 Å². The lowest BCUT2D eigenvalue weighted by Gasteiger charge is -2.12. The first-order valence-corrected chi connectivity index (χ1v) is 12.6. The molecular formula is C24H21ClIN5OS. The summed E-state index contributed by atoms with van der Waals surface area (Å²) in [6, 6.07) is 23.5. The third-order valence-electron chi connectivity index (χ3n) is 4.88. The lowest BCUT2D eigenvalue weighted by molar-refractivity contribution is -0.113. The quantitative estimate of drug-likeness (QED) is 0.190. The highest BCUT2D eigenvalue weighted by molar-refractivity contribution is 14.1. The van der Waals surface area contributed by atoms with Gasteiger partial charge in [0.1, 0.15) is 0 Å². The number of hydrogen-bond acceptors (Lipinski definition) is 5. The summed E-state index contributed by atoms with van der Waals surface area (Å²) in [5.74, 6) is 0.821. The first kappa shape index (κ1) is 23.6. The molecule has 6 nitrogen and oxygen atoms in total. The van der Waals surface area contributed by atoms with Gasteiger partial charge in [0, 0.05) is 25.7 Å². The SMILES string of the molecule is Cc1c(Cl)cccc1NC(=O)CSc1nnc(CNc2ccc(I)cc2)n1-c1ccccc1. The maximum atomic E-state index is 12.6. The molecule has 0 aliphatic heterocycles. The molecule has 0 fully saturated rings. The van der Waals surface area contributed by atoms with Crippen molar-refractivity contribution < 1.29 is 4.79 Å². The highest BCUT2D eigenvalue weighted by Gasteiger charge is 2.16. The van der Waals surface area contributed by atoms with Crippen molar-refractivity contribution in [1.29, 1.82) is 0 Å². The fourth-order valence-corrected chi connectivity index (χ4v) is 4.46. The zero-order valence-corrected chi connectivity index (χ0v) is 21.5. The van der Waals surface area contributed by atoms with Gasteiger partial charge in [-0.05, 0) is 83.6 Å². The molecule has 0 aliphatic rings. The van der Waals surface area contributed by atoms with E-state index in [0.717, 1.165) is 22.8 Å². The van der Waals surface area contributed by atoms with Crippen LogP contribution >= 0.6 is 46.0 Å². The number of nitrogens with zero attached hydrogens (tertiary/aromatic N) is 3. The molecule has 0 unspecified atom stereocenters. The third-order valence-corrected chi connectivity index (χ3v) is 6.94. The Kier molecular flexibility index (Phi) is 7.89. The van der Waals surface area contributed by atoms with Gasteiger partial charge in [0.25, 0.3) is 0 Å². The van der Waals surface area contributed by atoms with E-state index in [1.165, 1.54) is 15.3 Å². The molecule has 4 aromatic rings. The Morgan fingerprint density at radius 1 is 1.03 bits per heavy atom. The van der Waals surface area contributed by atoms with Crippen LogP contribution in [0.4, 0.5) is 11.4 Å². The van der Waals surface area contributed by atoms with Crippen LogP contribution in [0.1, 0.15) is 11.4 Å². The molecule has 0 bridgehead atoms. The number of anilines is 2. The van der Waals surface area contributed by atoms with Gasteiger partial charge in [-0.15, -0.1) is 10.2 Å². The zero-order chi connectivity index (χ0) is 23.2. The van der Waals surface area contributed by atoms with Gasteiger partial charge in [-0.2, -0.15) is 0 Å². The van der Waals surface area contributed by atoms with E-state index in [9.17, 15) is 4.79 Å². The molecule has 1 heterocycles. The van der Waals surface area contributed by atoms with E-state index in [4.69, 9.17) is 11.6 Å². The predicted molar refractivity (Wildman–Crippen MR) is 143 cm³/mol. The molecule has 9 heteroatoms. The molecule has 0 saturated heterocycles. The number of aromatic nitrogens is 3. The fourth-order valence-electron chi connectivity index (χ4n) is 3.15. The van der Waals surface area contributed by atoms with Crippen molar-refractivity contribution in [2.75, 3.05) is 16.4 Å². The number of hydrogen-bond donors (Lipinski definition) is 2. The number of rotatable bonds is 8. The number of nitrogens with one attached hydrogen (secondary N) is 2. The lowest BCUT2D eigenvalue weighted by Crippen LogP contribution is -2.15. The van der Waals surface area contributed by atoms with Crippen molar-refractivity contribution in [2.45, 2.75) is 18.6 Å². The van der Waals surface area contributed by atoms with Crippen molar-refractivity contribution in [3.8, 4) is 5.69 Å². The molecule has 1 amide bonds. The van der Waals surface area contributed by atoms with Gasteiger partial charge < -0.3 is 10.6 Å². The van der Waals surface area contributed by atoms with Crippen LogP contribution in [-0.2, 0) is 11.3 Å². The third kappa shape index (κ3) is 6.07. The second-order valence-electron chi connectivity index (χ2n) is 7.18. The summed E-state index contributed by atoms with van der Waals surface area (Å²) < 4.78 is 3.15. The number of thioether (sulfide) groups is 1. The van der Waals surface area contributed by atoms with Crippen LogP contribution in [0.2, 0.25) is 5.02 Å². The zero-order valence-electron chi connectivity index (χ0n) is 17.8. The summed E-state index contributed by atoms with van der Waals surface area (Å²) in [6.45, 7) is 2.38. The summed E-state index contributed by atoms with van der Waals surface area (Å²) in [5.41, 5.74) is 3.49. The van der Waals surface area contributed by atoms with Crippen LogP contribution in [-0.4, -0.2) is 26.4 Å². The number of benzene rings is 3. The number of carbonyl (C=O) groups excluding carboxylic acids is 1. The molecule has 4 rings (SSSR count). The monoisotopic (exact) mass is 589 g/mol. The normalized spacial score (nSPS) is 10.8. The van der Waals surface area contributed by atoms with Crippen LogP contribution in [0, 0.1) is 10.5 Å². The van der Waals surface area contributed by atoms with Crippen LogP contribution in [0.15, 0.2) is 78.0 Å². The minimum atomic E-state index is -0.133. The van der Waals surface area contributed by atoms with E-state index in [2.05, 4.69) is 43.4 Å². The smallest absolute Gasteiger partial charge is 0.234 e. The highest BCUT2D eigenvalue weighted by atomic mass is 127. The first-order chi connectivity index (χ1) is 16.0. The Bertz CT molecular complexity index is 1250. The van der Waals surface area contributed by atoms with Crippen molar-refractivity contribution >= 4 is 63.2 Å². The van der Waals surface area contributed by atoms with Crippen LogP contribution < -0.4 is 10.6 Å². The van der Waals surface area contributed by atoms with E-state index in [1.54, 1.807) is 6.07 Å². The summed E-state index contributed by atoms with van der Waals surface area (Å²) in [6.07, 6.45) is 0. The van der Waals surface area contributed by atoms with Crippen LogP contribution in [0.25, 0.3) is 5.69 Å². The first-order valence-electron chi connectivity index (χ1n) is 10.2. The Balaban J connectivity index is 1.49. The minimum Gasteiger partial charge on any atom is -0.378 e. The summed E-state index contributed by atoms with van der Waals surface area (Å²) in [5, 5.41) is 16.3. The average Bonchev–Trinajstić information content (AvgIpc) is 3.24. The molecule has 3 aromatic carbocycles. The van der Waals surface area contributed by atoms with Gasteiger partial charge in [-0.25, -0.2) is 0 Å². The Hall–Kier alpha value is -2.56.